The van der Waals surface area contributed by atoms with Gasteiger partial charge in [0.1, 0.15) is 24.0 Å². The van der Waals surface area contributed by atoms with E-state index < -0.39 is 17.0 Å². The van der Waals surface area contributed by atoms with E-state index in [0.29, 0.717) is 22.4 Å². The topological polar surface area (TPSA) is 46.6 Å². The van der Waals surface area contributed by atoms with Gasteiger partial charge in [-0.25, -0.2) is 8.78 Å². The molecule has 8 heteroatoms. The van der Waals surface area contributed by atoms with E-state index in [1.165, 1.54) is 18.2 Å². The van der Waals surface area contributed by atoms with Gasteiger partial charge in [-0.2, -0.15) is 0 Å². The number of carbonyl (C=O) groups excluding carboxylic acids is 2. The van der Waals surface area contributed by atoms with Crippen molar-refractivity contribution < 1.29 is 23.1 Å². The minimum atomic E-state index is -0.492. The van der Waals surface area contributed by atoms with Crippen molar-refractivity contribution in [2.24, 2.45) is 0 Å². The maximum absolute atomic E-state index is 13.7. The summed E-state index contributed by atoms with van der Waals surface area (Å²) in [6.07, 6.45) is 1.61. The Bertz CT molecular complexity index is 1210. The maximum Gasteiger partial charge on any atom is 0.293 e. The largest absolute Gasteiger partial charge is 0.489 e. The van der Waals surface area contributed by atoms with Crippen LogP contribution in [0.15, 0.2) is 71.6 Å². The van der Waals surface area contributed by atoms with Crippen LogP contribution in [0.4, 0.5) is 13.6 Å². The van der Waals surface area contributed by atoms with Gasteiger partial charge in [0, 0.05) is 10.6 Å². The Labute approximate surface area is 192 Å². The number of amides is 2. The normalized spacial score (nSPS) is 15.0. The van der Waals surface area contributed by atoms with E-state index in [1.807, 2.05) is 0 Å². The van der Waals surface area contributed by atoms with Crippen molar-refractivity contribution >= 4 is 40.6 Å². The maximum atomic E-state index is 13.7. The first kappa shape index (κ1) is 22.0. The van der Waals surface area contributed by atoms with Crippen molar-refractivity contribution in [2.45, 2.75) is 13.2 Å². The molecule has 4 rings (SSSR count). The molecule has 1 fully saturated rings. The molecule has 0 aliphatic carbocycles. The number of imide groups is 1. The van der Waals surface area contributed by atoms with Gasteiger partial charge in [-0.3, -0.25) is 14.5 Å². The summed E-state index contributed by atoms with van der Waals surface area (Å²) in [6, 6.07) is 17.1. The molecule has 0 N–H and O–H groups in total. The summed E-state index contributed by atoms with van der Waals surface area (Å²) < 4.78 is 32.5. The van der Waals surface area contributed by atoms with Gasteiger partial charge in [0.25, 0.3) is 11.1 Å². The van der Waals surface area contributed by atoms with Gasteiger partial charge >= 0.3 is 0 Å². The van der Waals surface area contributed by atoms with Gasteiger partial charge in [0.15, 0.2) is 0 Å². The zero-order valence-electron chi connectivity index (χ0n) is 16.6. The van der Waals surface area contributed by atoms with Gasteiger partial charge < -0.3 is 4.74 Å². The molecule has 0 spiro atoms. The third-order valence-corrected chi connectivity index (χ3v) is 6.01. The second-order valence-corrected chi connectivity index (χ2v) is 8.35. The van der Waals surface area contributed by atoms with Crippen LogP contribution < -0.4 is 4.74 Å². The van der Waals surface area contributed by atoms with Gasteiger partial charge in [-0.1, -0.05) is 48.0 Å². The van der Waals surface area contributed by atoms with Gasteiger partial charge in [0.05, 0.1) is 11.4 Å². The molecule has 1 aliphatic heterocycles. The molecular weight excluding hydrogens is 456 g/mol. The Hall–Kier alpha value is -3.16. The molecule has 0 atom stereocenters. The first-order valence-electron chi connectivity index (χ1n) is 9.56. The molecule has 1 heterocycles. The highest BCUT2D eigenvalue weighted by molar-refractivity contribution is 8.18. The number of ether oxygens (including phenoxy) is 1. The summed E-state index contributed by atoms with van der Waals surface area (Å²) in [7, 11) is 0. The Morgan fingerprint density at radius 2 is 1.72 bits per heavy atom. The minimum absolute atomic E-state index is 0.0378. The highest BCUT2D eigenvalue weighted by Crippen LogP contribution is 2.34. The average Bonchev–Trinajstić information content (AvgIpc) is 3.03. The fraction of sp³-hybridized carbons (Fsp3) is 0.0833. The molecule has 32 heavy (non-hydrogen) atoms. The number of halogens is 3. The van der Waals surface area contributed by atoms with E-state index in [9.17, 15) is 18.4 Å². The average molecular weight is 472 g/mol. The van der Waals surface area contributed by atoms with Crippen LogP contribution in [0.1, 0.15) is 16.7 Å². The van der Waals surface area contributed by atoms with Crippen molar-refractivity contribution in [3.63, 3.8) is 0 Å². The molecule has 1 saturated heterocycles. The molecule has 3 aromatic rings. The van der Waals surface area contributed by atoms with Crippen molar-refractivity contribution in [3.8, 4) is 5.75 Å². The lowest BCUT2D eigenvalue weighted by atomic mass is 10.2. The number of nitrogens with zero attached hydrogens (tertiary/aromatic N) is 1. The van der Waals surface area contributed by atoms with Gasteiger partial charge in [0.2, 0.25) is 0 Å². The lowest BCUT2D eigenvalue weighted by molar-refractivity contribution is -0.123. The highest BCUT2D eigenvalue weighted by atomic mass is 35.5. The third kappa shape index (κ3) is 5.00. The number of thioether (sulfide) groups is 1. The summed E-state index contributed by atoms with van der Waals surface area (Å²) in [4.78, 5) is 26.4. The number of carbonyl (C=O) groups is 2. The van der Waals surface area contributed by atoms with Crippen molar-refractivity contribution in [1.29, 1.82) is 0 Å². The van der Waals surface area contributed by atoms with E-state index in [2.05, 4.69) is 0 Å². The summed E-state index contributed by atoms with van der Waals surface area (Å²) in [5.41, 5.74) is 1.63. The van der Waals surface area contributed by atoms with Crippen LogP contribution in [0.25, 0.3) is 6.08 Å². The first-order chi connectivity index (χ1) is 15.4. The van der Waals surface area contributed by atoms with Gasteiger partial charge in [-0.05, 0) is 59.3 Å². The van der Waals surface area contributed by atoms with Gasteiger partial charge in [-0.15, -0.1) is 0 Å². The van der Waals surface area contributed by atoms with Crippen LogP contribution >= 0.6 is 23.4 Å². The SMILES string of the molecule is O=C1S/C(=C/c2ccc(OCc3ccccc3F)cc2)C(=O)N1Cc1ccc(F)cc1Cl. The molecule has 2 amide bonds. The molecule has 0 aromatic heterocycles. The van der Waals surface area contributed by atoms with Crippen molar-refractivity contribution in [3.05, 3.63) is 105 Å². The zero-order chi connectivity index (χ0) is 22.7. The summed E-state index contributed by atoms with van der Waals surface area (Å²) >= 11 is 6.84. The highest BCUT2D eigenvalue weighted by Gasteiger charge is 2.35. The number of benzene rings is 3. The number of hydrogen-bond donors (Lipinski definition) is 0. The van der Waals surface area contributed by atoms with Crippen LogP contribution in [0.5, 0.6) is 5.75 Å². The second kappa shape index (κ2) is 9.54. The molecular formula is C24H16ClF2NO3S. The van der Waals surface area contributed by atoms with Crippen LogP contribution in [0, 0.1) is 11.6 Å². The van der Waals surface area contributed by atoms with E-state index in [0.717, 1.165) is 22.7 Å². The minimum Gasteiger partial charge on any atom is -0.489 e. The summed E-state index contributed by atoms with van der Waals surface area (Å²) in [6.45, 7) is 0.0563. The zero-order valence-corrected chi connectivity index (χ0v) is 18.1. The van der Waals surface area contributed by atoms with E-state index in [1.54, 1.807) is 48.5 Å². The molecule has 0 radical (unpaired) electrons. The number of rotatable bonds is 6. The van der Waals surface area contributed by atoms with Crippen LogP contribution in [-0.2, 0) is 17.9 Å². The molecule has 0 bridgehead atoms. The smallest absolute Gasteiger partial charge is 0.293 e. The molecule has 4 nitrogen and oxygen atoms in total. The standard InChI is InChI=1S/C24H16ClF2NO3S/c25-20-12-18(26)8-7-16(20)13-28-23(29)22(32-24(28)30)11-15-5-9-19(10-6-15)31-14-17-3-1-2-4-21(17)27/h1-12H,13-14H2/b22-11+. The summed E-state index contributed by atoms with van der Waals surface area (Å²) in [5, 5.41) is -0.273. The van der Waals surface area contributed by atoms with E-state index >= 15 is 0 Å². The Balaban J connectivity index is 1.42. The number of hydrogen-bond acceptors (Lipinski definition) is 4. The lowest BCUT2D eigenvalue weighted by Gasteiger charge is -2.13. The predicted molar refractivity (Wildman–Crippen MR) is 120 cm³/mol. The first-order valence-corrected chi connectivity index (χ1v) is 10.8. The predicted octanol–water partition coefficient (Wildman–Crippen LogP) is 6.43. The van der Waals surface area contributed by atoms with Crippen molar-refractivity contribution in [1.82, 2.24) is 4.90 Å². The third-order valence-electron chi connectivity index (χ3n) is 4.75. The lowest BCUT2D eigenvalue weighted by Crippen LogP contribution is -2.27. The Morgan fingerprint density at radius 3 is 2.44 bits per heavy atom. The van der Waals surface area contributed by atoms with Crippen LogP contribution in [-0.4, -0.2) is 16.0 Å². The van der Waals surface area contributed by atoms with Crippen LogP contribution in [0.3, 0.4) is 0 Å². The fourth-order valence-electron chi connectivity index (χ4n) is 3.04. The Morgan fingerprint density at radius 1 is 0.969 bits per heavy atom. The van der Waals surface area contributed by atoms with E-state index in [-0.39, 0.29) is 28.9 Å². The molecule has 0 unspecified atom stereocenters. The van der Waals surface area contributed by atoms with Crippen molar-refractivity contribution in [2.75, 3.05) is 0 Å². The second-order valence-electron chi connectivity index (χ2n) is 6.95. The van der Waals surface area contributed by atoms with Crippen LogP contribution in [0.2, 0.25) is 5.02 Å². The summed E-state index contributed by atoms with van der Waals surface area (Å²) in [5.74, 6) is -0.722. The quantitative estimate of drug-likeness (QED) is 0.388. The van der Waals surface area contributed by atoms with E-state index in [4.69, 9.17) is 16.3 Å². The monoisotopic (exact) mass is 471 g/mol. The fourth-order valence-corrected chi connectivity index (χ4v) is 4.11. The molecule has 0 saturated carbocycles. The Kier molecular flexibility index (Phi) is 6.58. The molecule has 162 valence electrons. The molecule has 1 aliphatic rings. The molecule has 3 aromatic carbocycles.